The van der Waals surface area contributed by atoms with Gasteiger partial charge >= 0.3 is 0 Å². The zero-order chi connectivity index (χ0) is 18.7. The Hall–Kier alpha value is -3.02. The predicted molar refractivity (Wildman–Crippen MR) is 98.5 cm³/mol. The second-order valence-corrected chi connectivity index (χ2v) is 6.43. The third kappa shape index (κ3) is 3.96. The van der Waals surface area contributed by atoms with Gasteiger partial charge in [0.1, 0.15) is 6.61 Å². The molecule has 3 rings (SSSR count). The summed E-state index contributed by atoms with van der Waals surface area (Å²) < 4.78 is 11.3. The lowest BCUT2D eigenvalue weighted by Gasteiger charge is -2.28. The van der Waals surface area contributed by atoms with Crippen LogP contribution in [-0.2, 0) is 9.59 Å². The number of fused-ring (bicyclic) bond motifs is 1. The van der Waals surface area contributed by atoms with Gasteiger partial charge in [0.15, 0.2) is 11.5 Å². The van der Waals surface area contributed by atoms with Crippen molar-refractivity contribution in [2.24, 2.45) is 0 Å². The van der Waals surface area contributed by atoms with Gasteiger partial charge in [-0.2, -0.15) is 0 Å². The lowest BCUT2D eigenvalue weighted by Crippen LogP contribution is -2.47. The summed E-state index contributed by atoms with van der Waals surface area (Å²) in [6.45, 7) is 3.95. The van der Waals surface area contributed by atoms with E-state index in [1.54, 1.807) is 19.2 Å². The van der Waals surface area contributed by atoms with E-state index >= 15 is 0 Å². The van der Waals surface area contributed by atoms with E-state index in [-0.39, 0.29) is 25.0 Å². The van der Waals surface area contributed by atoms with Gasteiger partial charge in [-0.05, 0) is 43.2 Å². The van der Waals surface area contributed by atoms with E-state index in [0.29, 0.717) is 11.5 Å². The van der Waals surface area contributed by atoms with Crippen LogP contribution in [0.3, 0.4) is 0 Å². The quantitative estimate of drug-likeness (QED) is 0.916. The lowest BCUT2D eigenvalue weighted by atomic mass is 10.1. The molecule has 0 aliphatic carbocycles. The first-order valence-corrected chi connectivity index (χ1v) is 8.44. The van der Waals surface area contributed by atoms with Gasteiger partial charge in [0.05, 0.1) is 6.54 Å². The summed E-state index contributed by atoms with van der Waals surface area (Å²) in [6.07, 6.45) is -0.761. The molecule has 0 aromatic heterocycles. The van der Waals surface area contributed by atoms with Gasteiger partial charge in [-0.25, -0.2) is 0 Å². The summed E-state index contributed by atoms with van der Waals surface area (Å²) >= 11 is 0. The highest BCUT2D eigenvalue weighted by atomic mass is 16.6. The van der Waals surface area contributed by atoms with Gasteiger partial charge in [-0.3, -0.25) is 9.59 Å². The van der Waals surface area contributed by atoms with Crippen molar-refractivity contribution in [2.75, 3.05) is 25.5 Å². The number of amides is 2. The molecule has 0 unspecified atom stereocenters. The Balaban J connectivity index is 1.59. The molecule has 1 aliphatic rings. The summed E-state index contributed by atoms with van der Waals surface area (Å²) in [5, 5.41) is 2.85. The SMILES string of the molecule is Cc1ccc(C)c(NC(=O)CN(C)C(=O)[C@H]2COc3ccccc3O2)c1. The summed E-state index contributed by atoms with van der Waals surface area (Å²) in [7, 11) is 1.58. The molecule has 1 heterocycles. The van der Waals surface area contributed by atoms with Crippen LogP contribution in [0.2, 0.25) is 0 Å². The molecule has 2 amide bonds. The molecule has 6 nitrogen and oxygen atoms in total. The zero-order valence-corrected chi connectivity index (χ0v) is 15.1. The van der Waals surface area contributed by atoms with E-state index in [0.717, 1.165) is 16.8 Å². The third-order valence-electron chi connectivity index (χ3n) is 4.21. The number of carbonyl (C=O) groups is 2. The molecule has 2 aromatic rings. The molecule has 1 atom stereocenters. The summed E-state index contributed by atoms with van der Waals surface area (Å²) in [5.41, 5.74) is 2.78. The Morgan fingerprint density at radius 2 is 1.88 bits per heavy atom. The van der Waals surface area contributed by atoms with Crippen LogP contribution < -0.4 is 14.8 Å². The number of carbonyl (C=O) groups excluding carboxylic acids is 2. The van der Waals surface area contributed by atoms with Gasteiger partial charge in [0.25, 0.3) is 5.91 Å². The van der Waals surface area contributed by atoms with Crippen molar-refractivity contribution in [3.63, 3.8) is 0 Å². The summed E-state index contributed by atoms with van der Waals surface area (Å²) in [4.78, 5) is 26.2. The fourth-order valence-electron chi connectivity index (χ4n) is 2.74. The number of rotatable bonds is 4. The number of nitrogens with one attached hydrogen (secondary N) is 1. The molecule has 0 saturated heterocycles. The Labute approximate surface area is 152 Å². The van der Waals surface area contributed by atoms with E-state index < -0.39 is 6.10 Å². The van der Waals surface area contributed by atoms with E-state index in [2.05, 4.69) is 5.32 Å². The van der Waals surface area contributed by atoms with Crippen molar-refractivity contribution in [1.29, 1.82) is 0 Å². The second kappa shape index (κ2) is 7.47. The molecule has 0 saturated carbocycles. The molecule has 0 radical (unpaired) electrons. The predicted octanol–water partition coefficient (Wildman–Crippen LogP) is 2.54. The third-order valence-corrected chi connectivity index (χ3v) is 4.21. The zero-order valence-electron chi connectivity index (χ0n) is 15.1. The highest BCUT2D eigenvalue weighted by Crippen LogP contribution is 2.31. The van der Waals surface area contributed by atoms with Crippen molar-refractivity contribution in [3.05, 3.63) is 53.6 Å². The Morgan fingerprint density at radius 3 is 2.65 bits per heavy atom. The minimum absolute atomic E-state index is 0.0618. The van der Waals surface area contributed by atoms with Gasteiger partial charge < -0.3 is 19.7 Å². The molecular formula is C20H22N2O4. The van der Waals surface area contributed by atoms with E-state index in [1.807, 2.05) is 44.2 Å². The first-order chi connectivity index (χ1) is 12.4. The number of para-hydroxylation sites is 2. The number of anilines is 1. The van der Waals surface area contributed by atoms with Crippen molar-refractivity contribution < 1.29 is 19.1 Å². The first kappa shape index (κ1) is 17.8. The van der Waals surface area contributed by atoms with Crippen LogP contribution in [0.5, 0.6) is 11.5 Å². The van der Waals surface area contributed by atoms with Crippen molar-refractivity contribution >= 4 is 17.5 Å². The fraction of sp³-hybridized carbons (Fsp3) is 0.300. The monoisotopic (exact) mass is 354 g/mol. The molecule has 1 N–H and O–H groups in total. The van der Waals surface area contributed by atoms with Crippen molar-refractivity contribution in [2.45, 2.75) is 20.0 Å². The minimum Gasteiger partial charge on any atom is -0.485 e. The normalized spacial score (nSPS) is 15.3. The minimum atomic E-state index is -0.761. The van der Waals surface area contributed by atoms with E-state index in [4.69, 9.17) is 9.47 Å². The maximum absolute atomic E-state index is 12.6. The number of ether oxygens (including phenoxy) is 2. The van der Waals surface area contributed by atoms with Gasteiger partial charge in [-0.15, -0.1) is 0 Å². The van der Waals surface area contributed by atoms with Crippen LogP contribution >= 0.6 is 0 Å². The molecule has 0 spiro atoms. The highest BCUT2D eigenvalue weighted by molar-refractivity contribution is 5.95. The molecule has 0 bridgehead atoms. The number of hydrogen-bond acceptors (Lipinski definition) is 4. The van der Waals surface area contributed by atoms with Crippen LogP contribution in [-0.4, -0.2) is 43.0 Å². The van der Waals surface area contributed by atoms with Crippen LogP contribution in [0.25, 0.3) is 0 Å². The molecule has 2 aromatic carbocycles. The van der Waals surface area contributed by atoms with Crippen molar-refractivity contribution in [3.8, 4) is 11.5 Å². The second-order valence-electron chi connectivity index (χ2n) is 6.43. The number of likely N-dealkylation sites (N-methyl/N-ethyl adjacent to an activating group) is 1. The lowest BCUT2D eigenvalue weighted by molar-refractivity contribution is -0.141. The van der Waals surface area contributed by atoms with Crippen LogP contribution in [0.1, 0.15) is 11.1 Å². The molecule has 26 heavy (non-hydrogen) atoms. The number of nitrogens with zero attached hydrogens (tertiary/aromatic N) is 1. The molecule has 1 aliphatic heterocycles. The highest BCUT2D eigenvalue weighted by Gasteiger charge is 2.30. The van der Waals surface area contributed by atoms with Crippen LogP contribution in [0.4, 0.5) is 5.69 Å². The van der Waals surface area contributed by atoms with Gasteiger partial charge in [0, 0.05) is 12.7 Å². The smallest absolute Gasteiger partial charge is 0.267 e. The number of benzene rings is 2. The number of aryl methyl sites for hydroxylation is 2. The van der Waals surface area contributed by atoms with Crippen molar-refractivity contribution in [1.82, 2.24) is 4.90 Å². The maximum Gasteiger partial charge on any atom is 0.267 e. The Morgan fingerprint density at radius 1 is 1.15 bits per heavy atom. The summed E-state index contributed by atoms with van der Waals surface area (Å²) in [6, 6.07) is 13.0. The van der Waals surface area contributed by atoms with Gasteiger partial charge in [-0.1, -0.05) is 24.3 Å². The Kier molecular flexibility index (Phi) is 5.11. The van der Waals surface area contributed by atoms with Gasteiger partial charge in [0.2, 0.25) is 12.0 Å². The standard InChI is InChI=1S/C20H22N2O4/c1-13-8-9-14(2)15(10-13)21-19(23)11-22(3)20(24)18-12-25-16-6-4-5-7-17(16)26-18/h4-10,18H,11-12H2,1-3H3,(H,21,23)/t18-/m1/s1. The fourth-order valence-corrected chi connectivity index (χ4v) is 2.74. The van der Waals surface area contributed by atoms with E-state index in [9.17, 15) is 9.59 Å². The molecular weight excluding hydrogens is 332 g/mol. The van der Waals surface area contributed by atoms with Crippen LogP contribution in [0, 0.1) is 13.8 Å². The Bertz CT molecular complexity index is 834. The molecule has 136 valence electrons. The first-order valence-electron chi connectivity index (χ1n) is 8.44. The average Bonchev–Trinajstić information content (AvgIpc) is 2.63. The topological polar surface area (TPSA) is 67.9 Å². The summed E-state index contributed by atoms with van der Waals surface area (Å²) in [5.74, 6) is 0.597. The van der Waals surface area contributed by atoms with Crippen LogP contribution in [0.15, 0.2) is 42.5 Å². The number of hydrogen-bond donors (Lipinski definition) is 1. The molecule has 0 fully saturated rings. The largest absolute Gasteiger partial charge is 0.485 e. The maximum atomic E-state index is 12.6. The van der Waals surface area contributed by atoms with E-state index in [1.165, 1.54) is 4.90 Å². The average molecular weight is 354 g/mol. The molecule has 6 heteroatoms.